The second-order valence-electron chi connectivity index (χ2n) is 4.88. The van der Waals surface area contributed by atoms with Crippen LogP contribution in [0.1, 0.15) is 6.42 Å². The Kier molecular flexibility index (Phi) is 5.84. The van der Waals surface area contributed by atoms with Crippen molar-refractivity contribution in [3.63, 3.8) is 0 Å². The summed E-state index contributed by atoms with van der Waals surface area (Å²) in [6, 6.07) is 3.39. The van der Waals surface area contributed by atoms with Crippen LogP contribution < -0.4 is 10.2 Å². The zero-order valence-corrected chi connectivity index (χ0v) is 13.5. The molecule has 6 nitrogen and oxygen atoms in total. The van der Waals surface area contributed by atoms with Crippen molar-refractivity contribution in [3.05, 3.63) is 29.0 Å². The van der Waals surface area contributed by atoms with Crippen LogP contribution in [-0.4, -0.2) is 47.0 Å². The van der Waals surface area contributed by atoms with Gasteiger partial charge >= 0.3 is 5.97 Å². The van der Waals surface area contributed by atoms with E-state index in [0.29, 0.717) is 18.7 Å². The summed E-state index contributed by atoms with van der Waals surface area (Å²) in [5.74, 6) is -2.57. The maximum atomic E-state index is 13.5. The molecule has 1 aromatic carbocycles. The van der Waals surface area contributed by atoms with Gasteiger partial charge in [0.1, 0.15) is 11.9 Å². The summed E-state index contributed by atoms with van der Waals surface area (Å²) in [4.78, 5) is 35.7. The van der Waals surface area contributed by atoms with Gasteiger partial charge in [0.2, 0.25) is 11.8 Å². The summed E-state index contributed by atoms with van der Waals surface area (Å²) in [7, 11) is 0. The third-order valence-corrected chi connectivity index (χ3v) is 4.44. The van der Waals surface area contributed by atoms with Crippen molar-refractivity contribution in [1.82, 2.24) is 5.32 Å². The highest BCUT2D eigenvalue weighted by atomic mass is 35.5. The van der Waals surface area contributed by atoms with Crippen molar-refractivity contribution in [2.75, 3.05) is 23.0 Å². The fourth-order valence-corrected chi connectivity index (χ4v) is 2.85. The molecule has 124 valence electrons. The van der Waals surface area contributed by atoms with E-state index in [-0.39, 0.29) is 22.4 Å². The van der Waals surface area contributed by atoms with Gasteiger partial charge in [-0.2, -0.15) is 0 Å². The summed E-state index contributed by atoms with van der Waals surface area (Å²) < 4.78 is 13.5. The molecule has 2 rings (SSSR count). The van der Waals surface area contributed by atoms with Gasteiger partial charge in [-0.05, 0) is 24.6 Å². The number of amides is 2. The van der Waals surface area contributed by atoms with Gasteiger partial charge in [-0.3, -0.25) is 14.4 Å². The number of anilines is 1. The van der Waals surface area contributed by atoms with E-state index >= 15 is 0 Å². The maximum absolute atomic E-state index is 13.5. The normalized spacial score (nSPS) is 17.4. The molecule has 9 heteroatoms. The van der Waals surface area contributed by atoms with Crippen LogP contribution in [0.3, 0.4) is 0 Å². The number of aliphatic carboxylic acids is 1. The highest BCUT2D eigenvalue weighted by Crippen LogP contribution is 2.25. The standard InChI is InChI=1S/C14H14ClFN2O4S/c15-9-2-1-8(5-10(9)16)18-4-3-11(14(18)22)17-12(19)6-23-7-13(20)21/h1-2,5,11H,3-4,6-7H2,(H,17,19)(H,20,21). The molecule has 1 heterocycles. The Bertz CT molecular complexity index is 643. The fraction of sp³-hybridized carbons (Fsp3) is 0.357. The molecule has 2 amide bonds. The number of thioether (sulfide) groups is 1. The molecule has 1 fully saturated rings. The van der Waals surface area contributed by atoms with Gasteiger partial charge in [-0.1, -0.05) is 11.6 Å². The molecule has 0 spiro atoms. The number of nitrogens with one attached hydrogen (secondary N) is 1. The molecule has 1 atom stereocenters. The lowest BCUT2D eigenvalue weighted by atomic mass is 10.2. The minimum atomic E-state index is -1.00. The second-order valence-corrected chi connectivity index (χ2v) is 6.28. The Morgan fingerprint density at radius 2 is 2.17 bits per heavy atom. The number of halogens is 2. The quantitative estimate of drug-likeness (QED) is 0.803. The zero-order chi connectivity index (χ0) is 17.0. The molecule has 0 aromatic heterocycles. The Labute approximate surface area is 141 Å². The molecule has 1 unspecified atom stereocenters. The van der Waals surface area contributed by atoms with Crippen LogP contribution >= 0.6 is 23.4 Å². The Hall–Kier alpha value is -1.80. The average molecular weight is 361 g/mol. The van der Waals surface area contributed by atoms with Crippen molar-refractivity contribution >= 4 is 46.8 Å². The Morgan fingerprint density at radius 1 is 1.43 bits per heavy atom. The highest BCUT2D eigenvalue weighted by molar-refractivity contribution is 8.00. The first-order valence-corrected chi connectivity index (χ1v) is 8.27. The van der Waals surface area contributed by atoms with Crippen LogP contribution in [0.5, 0.6) is 0 Å². The van der Waals surface area contributed by atoms with Crippen molar-refractivity contribution < 1.29 is 23.9 Å². The van der Waals surface area contributed by atoms with E-state index in [1.54, 1.807) is 0 Å². The van der Waals surface area contributed by atoms with Gasteiger partial charge in [0.25, 0.3) is 0 Å². The van der Waals surface area contributed by atoms with Gasteiger partial charge < -0.3 is 15.3 Å². The minimum absolute atomic E-state index is 0.0271. The molecule has 0 aliphatic carbocycles. The molecule has 1 aromatic rings. The largest absolute Gasteiger partial charge is 0.481 e. The minimum Gasteiger partial charge on any atom is -0.481 e. The molecule has 1 aliphatic heterocycles. The lowest BCUT2D eigenvalue weighted by Gasteiger charge is -2.17. The summed E-state index contributed by atoms with van der Waals surface area (Å²) in [5, 5.41) is 11.0. The van der Waals surface area contributed by atoms with Gasteiger partial charge in [0.05, 0.1) is 16.5 Å². The first kappa shape index (κ1) is 17.6. The number of carbonyl (C=O) groups is 3. The summed E-state index contributed by atoms with van der Waals surface area (Å²) >= 11 is 6.57. The second kappa shape index (κ2) is 7.65. The third kappa shape index (κ3) is 4.59. The average Bonchev–Trinajstić information content (AvgIpc) is 2.83. The van der Waals surface area contributed by atoms with Gasteiger partial charge in [-0.25, -0.2) is 4.39 Å². The monoisotopic (exact) mass is 360 g/mol. The van der Waals surface area contributed by atoms with Crippen LogP contribution in [0.25, 0.3) is 0 Å². The van der Waals surface area contributed by atoms with Crippen LogP contribution in [0, 0.1) is 5.82 Å². The first-order valence-electron chi connectivity index (χ1n) is 6.74. The SMILES string of the molecule is O=C(O)CSCC(=O)NC1CCN(c2ccc(Cl)c(F)c2)C1=O. The maximum Gasteiger partial charge on any atom is 0.313 e. The van der Waals surface area contributed by atoms with Crippen molar-refractivity contribution in [3.8, 4) is 0 Å². The predicted octanol–water partition coefficient (Wildman–Crippen LogP) is 1.52. The number of hydrogen-bond acceptors (Lipinski definition) is 4. The number of nitrogens with zero attached hydrogens (tertiary/aromatic N) is 1. The van der Waals surface area contributed by atoms with E-state index in [0.717, 1.165) is 11.8 Å². The number of benzene rings is 1. The van der Waals surface area contributed by atoms with Crippen LogP contribution in [0.4, 0.5) is 10.1 Å². The fourth-order valence-electron chi connectivity index (χ4n) is 2.19. The summed E-state index contributed by atoms with van der Waals surface area (Å²) in [5.41, 5.74) is 0.383. The molecule has 1 saturated heterocycles. The lowest BCUT2D eigenvalue weighted by molar-refractivity contribution is -0.133. The molecule has 1 aliphatic rings. The topological polar surface area (TPSA) is 86.7 Å². The third-order valence-electron chi connectivity index (χ3n) is 3.21. The number of rotatable bonds is 6. The Morgan fingerprint density at radius 3 is 2.83 bits per heavy atom. The molecule has 23 heavy (non-hydrogen) atoms. The van der Waals surface area contributed by atoms with E-state index < -0.39 is 23.7 Å². The van der Waals surface area contributed by atoms with E-state index in [1.807, 2.05) is 0 Å². The summed E-state index contributed by atoms with van der Waals surface area (Å²) in [6.07, 6.45) is 0.401. The Balaban J connectivity index is 1.92. The first-order chi connectivity index (χ1) is 10.9. The predicted molar refractivity (Wildman–Crippen MR) is 85.3 cm³/mol. The molecular weight excluding hydrogens is 347 g/mol. The number of carbonyl (C=O) groups excluding carboxylic acids is 2. The lowest BCUT2D eigenvalue weighted by Crippen LogP contribution is -2.42. The summed E-state index contributed by atoms with van der Waals surface area (Å²) in [6.45, 7) is 0.354. The molecule has 2 N–H and O–H groups in total. The van der Waals surface area contributed by atoms with Gasteiger partial charge in [-0.15, -0.1) is 11.8 Å². The number of carboxylic acids is 1. The van der Waals surface area contributed by atoms with E-state index in [9.17, 15) is 18.8 Å². The van der Waals surface area contributed by atoms with Crippen LogP contribution in [-0.2, 0) is 14.4 Å². The smallest absolute Gasteiger partial charge is 0.313 e. The molecule has 0 saturated carbocycles. The van der Waals surface area contributed by atoms with Crippen LogP contribution in [0.15, 0.2) is 18.2 Å². The van der Waals surface area contributed by atoms with Gasteiger partial charge in [0.15, 0.2) is 0 Å². The molecular formula is C14H14ClFN2O4S. The zero-order valence-electron chi connectivity index (χ0n) is 11.9. The van der Waals surface area contributed by atoms with E-state index in [4.69, 9.17) is 16.7 Å². The number of carboxylic acid groups (broad SMARTS) is 1. The van der Waals surface area contributed by atoms with E-state index in [2.05, 4.69) is 5.32 Å². The van der Waals surface area contributed by atoms with Crippen molar-refractivity contribution in [2.24, 2.45) is 0 Å². The van der Waals surface area contributed by atoms with Gasteiger partial charge in [0, 0.05) is 12.2 Å². The van der Waals surface area contributed by atoms with E-state index in [1.165, 1.54) is 23.1 Å². The van der Waals surface area contributed by atoms with Crippen LogP contribution in [0.2, 0.25) is 5.02 Å². The van der Waals surface area contributed by atoms with Crippen molar-refractivity contribution in [2.45, 2.75) is 12.5 Å². The molecule has 0 radical (unpaired) electrons. The number of hydrogen-bond donors (Lipinski definition) is 2. The molecule has 0 bridgehead atoms. The van der Waals surface area contributed by atoms with Crippen molar-refractivity contribution in [1.29, 1.82) is 0 Å². The highest BCUT2D eigenvalue weighted by Gasteiger charge is 2.33.